The maximum atomic E-state index is 15.0. The Hall–Kier alpha value is -4.14. The van der Waals surface area contributed by atoms with Crippen LogP contribution in [0.4, 0.5) is 10.2 Å². The lowest BCUT2D eigenvalue weighted by molar-refractivity contribution is 0.410. The second-order valence-electron chi connectivity index (χ2n) is 7.50. The van der Waals surface area contributed by atoms with Gasteiger partial charge in [0, 0.05) is 11.6 Å². The average Bonchev–Trinajstić information content (AvgIpc) is 3.52. The number of ether oxygens (including phenoxy) is 1. The highest BCUT2D eigenvalue weighted by Crippen LogP contribution is 2.34. The van der Waals surface area contributed by atoms with Crippen LogP contribution in [-0.4, -0.2) is 37.1 Å². The smallest absolute Gasteiger partial charge is 0.326 e. The molecule has 160 valence electrons. The van der Waals surface area contributed by atoms with Crippen LogP contribution >= 0.6 is 0 Å². The zero-order valence-electron chi connectivity index (χ0n) is 17.6. The highest BCUT2D eigenvalue weighted by molar-refractivity contribution is 6.05. The third-order valence-electron chi connectivity index (χ3n) is 5.03. The van der Waals surface area contributed by atoms with Crippen LogP contribution in [0.25, 0.3) is 11.9 Å². The second-order valence-corrected chi connectivity index (χ2v) is 7.50. The number of hydrogen-bond donors (Lipinski definition) is 1. The van der Waals surface area contributed by atoms with E-state index in [1.165, 1.54) is 17.3 Å². The molecule has 8 nitrogen and oxygen atoms in total. The normalized spacial score (nSPS) is 14.9. The number of allylic oxidation sites excluding steroid dienone is 2. The fourth-order valence-electron chi connectivity index (χ4n) is 3.63. The Balaban J connectivity index is 1.48. The molecule has 1 aromatic carbocycles. The Morgan fingerprint density at radius 3 is 2.94 bits per heavy atom. The predicted molar refractivity (Wildman–Crippen MR) is 120 cm³/mol. The molecule has 0 atom stereocenters. The molecule has 1 N–H and O–H groups in total. The van der Waals surface area contributed by atoms with Gasteiger partial charge in [-0.2, -0.15) is 15.1 Å². The Bertz CT molecular complexity index is 1310. The van der Waals surface area contributed by atoms with Crippen LogP contribution < -0.4 is 10.1 Å². The number of nitrogens with one attached hydrogen (secondary N) is 1. The SMILES string of the molecule is C/C=C/C1=CC(Nc2cc(-n3cncn3)nc(Oc3ccc4c(c3F)C=C(C)C4)n2)=NC1. The number of benzene rings is 1. The van der Waals surface area contributed by atoms with Crippen molar-refractivity contribution in [1.29, 1.82) is 0 Å². The van der Waals surface area contributed by atoms with Gasteiger partial charge in [-0.15, -0.1) is 0 Å². The van der Waals surface area contributed by atoms with Gasteiger partial charge in [0.15, 0.2) is 17.4 Å². The van der Waals surface area contributed by atoms with Crippen molar-refractivity contribution in [2.75, 3.05) is 11.9 Å². The first-order chi connectivity index (χ1) is 15.6. The Kier molecular flexibility index (Phi) is 5.06. The summed E-state index contributed by atoms with van der Waals surface area (Å²) in [4.78, 5) is 17.2. The lowest BCUT2D eigenvalue weighted by Crippen LogP contribution is -2.11. The minimum Gasteiger partial charge on any atom is -0.421 e. The zero-order chi connectivity index (χ0) is 22.1. The summed E-state index contributed by atoms with van der Waals surface area (Å²) in [6.07, 6.45) is 11.4. The minimum atomic E-state index is -0.428. The zero-order valence-corrected chi connectivity index (χ0v) is 17.6. The molecule has 32 heavy (non-hydrogen) atoms. The molecule has 5 rings (SSSR count). The number of halogens is 1. The number of nitrogens with zero attached hydrogens (tertiary/aromatic N) is 6. The average molecular weight is 429 g/mol. The molecule has 0 saturated carbocycles. The van der Waals surface area contributed by atoms with E-state index in [9.17, 15) is 0 Å². The summed E-state index contributed by atoms with van der Waals surface area (Å²) in [6, 6.07) is 5.14. The van der Waals surface area contributed by atoms with Crippen molar-refractivity contribution in [1.82, 2.24) is 24.7 Å². The minimum absolute atomic E-state index is 0.0192. The summed E-state index contributed by atoms with van der Waals surface area (Å²) < 4.78 is 22.3. The molecule has 0 bridgehead atoms. The first kappa shape index (κ1) is 19.8. The van der Waals surface area contributed by atoms with Crippen molar-refractivity contribution in [2.45, 2.75) is 20.3 Å². The van der Waals surface area contributed by atoms with Gasteiger partial charge in [0.05, 0.1) is 6.54 Å². The Morgan fingerprint density at radius 1 is 1.22 bits per heavy atom. The van der Waals surface area contributed by atoms with Crippen molar-refractivity contribution in [3.8, 4) is 17.6 Å². The molecule has 2 aromatic heterocycles. The summed E-state index contributed by atoms with van der Waals surface area (Å²) in [6.45, 7) is 4.52. The maximum absolute atomic E-state index is 15.0. The van der Waals surface area contributed by atoms with Gasteiger partial charge >= 0.3 is 6.01 Å². The van der Waals surface area contributed by atoms with Gasteiger partial charge in [0.1, 0.15) is 24.3 Å². The van der Waals surface area contributed by atoms with E-state index in [4.69, 9.17) is 4.74 Å². The van der Waals surface area contributed by atoms with Gasteiger partial charge in [-0.25, -0.2) is 14.1 Å². The Morgan fingerprint density at radius 2 is 2.12 bits per heavy atom. The topological polar surface area (TPSA) is 90.1 Å². The molecule has 1 aliphatic carbocycles. The number of hydrogen-bond acceptors (Lipinski definition) is 7. The summed E-state index contributed by atoms with van der Waals surface area (Å²) in [5, 5.41) is 7.28. The summed E-state index contributed by atoms with van der Waals surface area (Å²) in [7, 11) is 0. The van der Waals surface area contributed by atoms with E-state index >= 15 is 4.39 Å². The van der Waals surface area contributed by atoms with Crippen LogP contribution in [0.15, 0.2) is 65.2 Å². The summed E-state index contributed by atoms with van der Waals surface area (Å²) in [5.74, 6) is 1.15. The van der Waals surface area contributed by atoms with Gasteiger partial charge in [-0.05, 0) is 43.5 Å². The third-order valence-corrected chi connectivity index (χ3v) is 5.03. The van der Waals surface area contributed by atoms with Gasteiger partial charge in [0.2, 0.25) is 0 Å². The van der Waals surface area contributed by atoms with Crippen LogP contribution in [0.5, 0.6) is 11.8 Å². The van der Waals surface area contributed by atoms with E-state index in [-0.39, 0.29) is 11.8 Å². The third kappa shape index (κ3) is 3.92. The number of fused-ring (bicyclic) bond motifs is 1. The molecule has 0 fully saturated rings. The number of aliphatic imine (C=N–C) groups is 1. The van der Waals surface area contributed by atoms with E-state index in [1.54, 1.807) is 12.1 Å². The van der Waals surface area contributed by atoms with Crippen molar-refractivity contribution in [3.63, 3.8) is 0 Å². The molecular weight excluding hydrogens is 409 g/mol. The largest absolute Gasteiger partial charge is 0.421 e. The Labute approximate surface area is 183 Å². The van der Waals surface area contributed by atoms with E-state index in [0.29, 0.717) is 29.6 Å². The molecule has 2 aliphatic rings. The van der Waals surface area contributed by atoms with E-state index < -0.39 is 5.82 Å². The lowest BCUT2D eigenvalue weighted by atomic mass is 10.1. The van der Waals surface area contributed by atoms with Crippen LogP contribution in [-0.2, 0) is 6.42 Å². The molecule has 3 heterocycles. The number of aromatic nitrogens is 5. The molecule has 0 unspecified atom stereocenters. The molecule has 0 amide bonds. The van der Waals surface area contributed by atoms with Crippen LogP contribution in [0, 0.1) is 5.82 Å². The van der Waals surface area contributed by atoms with E-state index in [2.05, 4.69) is 30.4 Å². The molecular formula is C23H20FN7O. The number of rotatable bonds is 5. The van der Waals surface area contributed by atoms with Gasteiger partial charge < -0.3 is 10.1 Å². The van der Waals surface area contributed by atoms with E-state index in [1.807, 2.05) is 44.2 Å². The monoisotopic (exact) mass is 429 g/mol. The fraction of sp³-hybridized carbons (Fsp3) is 0.174. The maximum Gasteiger partial charge on any atom is 0.326 e. The van der Waals surface area contributed by atoms with Crippen molar-refractivity contribution in [2.24, 2.45) is 4.99 Å². The molecule has 9 heteroatoms. The number of anilines is 1. The molecule has 1 aliphatic heterocycles. The van der Waals surface area contributed by atoms with Crippen LogP contribution in [0.2, 0.25) is 0 Å². The first-order valence-electron chi connectivity index (χ1n) is 10.1. The second kappa shape index (κ2) is 8.18. The quantitative estimate of drug-likeness (QED) is 0.651. The summed E-state index contributed by atoms with van der Waals surface area (Å²) in [5.41, 5.74) is 3.68. The van der Waals surface area contributed by atoms with Gasteiger partial charge in [0.25, 0.3) is 0 Å². The molecule has 0 spiro atoms. The molecule has 0 saturated heterocycles. The summed E-state index contributed by atoms with van der Waals surface area (Å²) >= 11 is 0. The standard InChI is InChI=1S/C23H20FN7O/c1-3-4-15-9-19(26-11-15)28-20-10-21(31-13-25-12-27-31)30-23(29-20)32-18-6-5-16-7-14(2)8-17(16)22(18)24/h3-6,8-10,12-13H,7,11H2,1-2H3,(H,26,28,29,30)/b4-3+. The van der Waals surface area contributed by atoms with Gasteiger partial charge in [-0.1, -0.05) is 29.9 Å². The van der Waals surface area contributed by atoms with Crippen LogP contribution in [0.1, 0.15) is 25.0 Å². The highest BCUT2D eigenvalue weighted by atomic mass is 19.1. The van der Waals surface area contributed by atoms with E-state index in [0.717, 1.165) is 23.1 Å². The van der Waals surface area contributed by atoms with Crippen molar-refractivity contribution in [3.05, 3.63) is 77.2 Å². The highest BCUT2D eigenvalue weighted by Gasteiger charge is 2.20. The molecule has 0 radical (unpaired) electrons. The van der Waals surface area contributed by atoms with Gasteiger partial charge in [-0.3, -0.25) is 4.99 Å². The first-order valence-corrected chi connectivity index (χ1v) is 10.1. The van der Waals surface area contributed by atoms with Crippen molar-refractivity contribution >= 4 is 17.7 Å². The number of amidine groups is 1. The fourth-order valence-corrected chi connectivity index (χ4v) is 3.63. The van der Waals surface area contributed by atoms with Crippen molar-refractivity contribution < 1.29 is 9.13 Å². The molecule has 3 aromatic rings. The lowest BCUT2D eigenvalue weighted by Gasteiger charge is -2.11. The predicted octanol–water partition coefficient (Wildman–Crippen LogP) is 4.27. The van der Waals surface area contributed by atoms with Crippen LogP contribution in [0.3, 0.4) is 0 Å².